The van der Waals surface area contributed by atoms with Gasteiger partial charge in [-0.3, -0.25) is 0 Å². The molecule has 0 amide bonds. The van der Waals surface area contributed by atoms with Gasteiger partial charge in [0.15, 0.2) is 0 Å². The summed E-state index contributed by atoms with van der Waals surface area (Å²) < 4.78 is 38.6. The number of halogens is 3. The van der Waals surface area contributed by atoms with E-state index in [9.17, 15) is 13.2 Å². The number of nitrogens with zero attached hydrogens (tertiary/aromatic N) is 3. The van der Waals surface area contributed by atoms with Crippen molar-refractivity contribution < 1.29 is 13.2 Å². The summed E-state index contributed by atoms with van der Waals surface area (Å²) in [6, 6.07) is 0. The van der Waals surface area contributed by atoms with Crippen LogP contribution in [0.1, 0.15) is 45.8 Å². The van der Waals surface area contributed by atoms with Crippen LogP contribution in [0.3, 0.4) is 0 Å². The van der Waals surface area contributed by atoms with Gasteiger partial charge in [0.1, 0.15) is 5.82 Å². The Kier molecular flexibility index (Phi) is 7.58. The Morgan fingerprint density at radius 1 is 1.17 bits per heavy atom. The number of hydrogen-bond donors (Lipinski definition) is 1. The smallest absolute Gasteiger partial charge is 0.310 e. The molecular formula is C11H21F3N4. The summed E-state index contributed by atoms with van der Waals surface area (Å²) in [6.45, 7) is 8.90. The first kappa shape index (κ1) is 16.9. The normalized spacial score (nSPS) is 11.1. The fraction of sp³-hybridized carbons (Fsp3) is 0.818. The molecule has 0 aliphatic carbocycles. The summed E-state index contributed by atoms with van der Waals surface area (Å²) in [5.41, 5.74) is 0. The van der Waals surface area contributed by atoms with Crippen molar-refractivity contribution in [2.24, 2.45) is 0 Å². The number of hydrogen-bond acceptors (Lipinski definition) is 3. The van der Waals surface area contributed by atoms with Crippen LogP contribution in [-0.4, -0.2) is 21.3 Å². The van der Waals surface area contributed by atoms with Gasteiger partial charge in [-0.25, -0.2) is 0 Å². The van der Waals surface area contributed by atoms with Crippen molar-refractivity contribution in [1.82, 2.24) is 20.1 Å². The molecule has 1 N–H and O–H groups in total. The Morgan fingerprint density at radius 2 is 1.78 bits per heavy atom. The third-order valence-electron chi connectivity index (χ3n) is 2.11. The quantitative estimate of drug-likeness (QED) is 0.833. The average molecular weight is 266 g/mol. The first-order chi connectivity index (χ1) is 8.50. The van der Waals surface area contributed by atoms with E-state index in [-0.39, 0.29) is 6.54 Å². The van der Waals surface area contributed by atoms with Gasteiger partial charge in [-0.15, -0.1) is 10.2 Å². The average Bonchev–Trinajstić information content (AvgIpc) is 2.75. The van der Waals surface area contributed by atoms with Crippen LogP contribution in [0.5, 0.6) is 0 Å². The summed E-state index contributed by atoms with van der Waals surface area (Å²) >= 11 is 0. The highest BCUT2D eigenvalue weighted by atomic mass is 19.4. The standard InChI is InChI=1S/C9H15F3N4.C2H6/c1-3-5-13-6-7-14-15-8(9(10,11)12)16(7)4-2;1-2/h13H,3-6H2,1-2H3;1-2H3. The van der Waals surface area contributed by atoms with Crippen LogP contribution in [0.4, 0.5) is 13.2 Å². The van der Waals surface area contributed by atoms with Crippen molar-refractivity contribution >= 4 is 0 Å². The Morgan fingerprint density at radius 3 is 2.22 bits per heavy atom. The summed E-state index contributed by atoms with van der Waals surface area (Å²) in [7, 11) is 0. The second kappa shape index (κ2) is 8.07. The van der Waals surface area contributed by atoms with E-state index >= 15 is 0 Å². The van der Waals surface area contributed by atoms with Gasteiger partial charge < -0.3 is 9.88 Å². The molecule has 1 heterocycles. The SMILES string of the molecule is CC.CCCNCc1nnc(C(F)(F)F)n1CC. The lowest BCUT2D eigenvalue weighted by Crippen LogP contribution is -2.20. The third-order valence-corrected chi connectivity index (χ3v) is 2.11. The molecule has 7 heteroatoms. The molecule has 1 aromatic heterocycles. The van der Waals surface area contributed by atoms with Crippen LogP contribution < -0.4 is 5.32 Å². The Hall–Kier alpha value is -1.11. The molecule has 0 saturated carbocycles. The number of nitrogens with one attached hydrogen (secondary N) is 1. The Balaban J connectivity index is 0.00000137. The van der Waals surface area contributed by atoms with Gasteiger partial charge in [0.2, 0.25) is 5.82 Å². The molecule has 106 valence electrons. The molecule has 0 unspecified atom stereocenters. The lowest BCUT2D eigenvalue weighted by Gasteiger charge is -2.09. The first-order valence-electron chi connectivity index (χ1n) is 6.20. The molecule has 0 saturated heterocycles. The molecule has 4 nitrogen and oxygen atoms in total. The lowest BCUT2D eigenvalue weighted by atomic mass is 10.4. The lowest BCUT2D eigenvalue weighted by molar-refractivity contribution is -0.147. The molecule has 0 spiro atoms. The summed E-state index contributed by atoms with van der Waals surface area (Å²) in [4.78, 5) is 0. The molecule has 0 fully saturated rings. The highest BCUT2D eigenvalue weighted by Crippen LogP contribution is 2.27. The van der Waals surface area contributed by atoms with Crippen LogP contribution in [-0.2, 0) is 19.3 Å². The zero-order chi connectivity index (χ0) is 14.2. The molecule has 0 aromatic carbocycles. The van der Waals surface area contributed by atoms with E-state index in [1.54, 1.807) is 6.92 Å². The van der Waals surface area contributed by atoms with Gasteiger partial charge in [0.25, 0.3) is 0 Å². The number of rotatable bonds is 5. The molecule has 0 bridgehead atoms. The van der Waals surface area contributed by atoms with Gasteiger partial charge in [-0.2, -0.15) is 13.2 Å². The molecule has 1 rings (SSSR count). The zero-order valence-corrected chi connectivity index (χ0v) is 11.3. The minimum Gasteiger partial charge on any atom is -0.310 e. The van der Waals surface area contributed by atoms with Crippen LogP contribution >= 0.6 is 0 Å². The van der Waals surface area contributed by atoms with E-state index in [0.29, 0.717) is 12.4 Å². The second-order valence-electron chi connectivity index (χ2n) is 3.36. The van der Waals surface area contributed by atoms with Crippen LogP contribution in [0.25, 0.3) is 0 Å². The Bertz CT molecular complexity index is 334. The van der Waals surface area contributed by atoms with Crippen LogP contribution in [0.15, 0.2) is 0 Å². The molecule has 0 aliphatic heterocycles. The van der Waals surface area contributed by atoms with E-state index in [1.165, 1.54) is 0 Å². The molecule has 1 aromatic rings. The zero-order valence-electron chi connectivity index (χ0n) is 11.3. The van der Waals surface area contributed by atoms with E-state index in [0.717, 1.165) is 17.5 Å². The maximum Gasteiger partial charge on any atom is 0.451 e. The monoisotopic (exact) mass is 266 g/mol. The van der Waals surface area contributed by atoms with Crippen molar-refractivity contribution in [2.45, 2.75) is 53.4 Å². The van der Waals surface area contributed by atoms with Crippen molar-refractivity contribution in [1.29, 1.82) is 0 Å². The fourth-order valence-electron chi connectivity index (χ4n) is 1.39. The van der Waals surface area contributed by atoms with Gasteiger partial charge in [0.05, 0.1) is 6.54 Å². The van der Waals surface area contributed by atoms with Crippen LogP contribution in [0.2, 0.25) is 0 Å². The van der Waals surface area contributed by atoms with Gasteiger partial charge >= 0.3 is 6.18 Å². The van der Waals surface area contributed by atoms with E-state index in [1.807, 2.05) is 20.8 Å². The predicted octanol–water partition coefficient (Wildman–Crippen LogP) is 2.84. The van der Waals surface area contributed by atoms with Crippen LogP contribution in [0, 0.1) is 0 Å². The van der Waals surface area contributed by atoms with Gasteiger partial charge in [0, 0.05) is 6.54 Å². The highest BCUT2D eigenvalue weighted by Gasteiger charge is 2.37. The molecule has 18 heavy (non-hydrogen) atoms. The predicted molar refractivity (Wildman–Crippen MR) is 64.0 cm³/mol. The number of aromatic nitrogens is 3. The van der Waals surface area contributed by atoms with E-state index < -0.39 is 12.0 Å². The topological polar surface area (TPSA) is 42.7 Å². The Labute approximate surface area is 106 Å². The molecule has 0 radical (unpaired) electrons. The van der Waals surface area contributed by atoms with Gasteiger partial charge in [-0.1, -0.05) is 20.8 Å². The number of alkyl halides is 3. The third kappa shape index (κ3) is 4.64. The molecule has 0 atom stereocenters. The maximum absolute atomic E-state index is 12.5. The second-order valence-corrected chi connectivity index (χ2v) is 3.36. The van der Waals surface area contributed by atoms with E-state index in [4.69, 9.17) is 0 Å². The van der Waals surface area contributed by atoms with Crippen molar-refractivity contribution in [3.05, 3.63) is 11.6 Å². The summed E-state index contributed by atoms with van der Waals surface area (Å²) in [5.74, 6) is -0.605. The van der Waals surface area contributed by atoms with Gasteiger partial charge in [-0.05, 0) is 19.9 Å². The van der Waals surface area contributed by atoms with Crippen molar-refractivity contribution in [3.8, 4) is 0 Å². The summed E-state index contributed by atoms with van der Waals surface area (Å²) in [5, 5.41) is 9.74. The molecule has 0 aliphatic rings. The maximum atomic E-state index is 12.5. The van der Waals surface area contributed by atoms with Crippen molar-refractivity contribution in [2.75, 3.05) is 6.54 Å². The van der Waals surface area contributed by atoms with Crippen molar-refractivity contribution in [3.63, 3.8) is 0 Å². The summed E-state index contributed by atoms with van der Waals surface area (Å²) in [6.07, 6.45) is -3.52. The first-order valence-corrected chi connectivity index (χ1v) is 6.20. The minimum atomic E-state index is -4.44. The largest absolute Gasteiger partial charge is 0.451 e. The van der Waals surface area contributed by atoms with E-state index in [2.05, 4.69) is 15.5 Å². The minimum absolute atomic E-state index is 0.213. The molecular weight excluding hydrogens is 245 g/mol. The highest BCUT2D eigenvalue weighted by molar-refractivity contribution is 4.99. The fourth-order valence-corrected chi connectivity index (χ4v) is 1.39.